The minimum atomic E-state index is -0.636. The molecular weight excluding hydrogens is 345 g/mol. The van der Waals surface area contributed by atoms with Gasteiger partial charge in [0.25, 0.3) is 0 Å². The normalized spacial score (nSPS) is 14.5. The number of hydrogen-bond acceptors (Lipinski definition) is 5. The Morgan fingerprint density at radius 1 is 1.48 bits per heavy atom. The second-order valence-electron chi connectivity index (χ2n) is 4.82. The summed E-state index contributed by atoms with van der Waals surface area (Å²) in [6.07, 6.45) is 1.89. The molecule has 0 saturated carbocycles. The molecule has 1 saturated heterocycles. The summed E-state index contributed by atoms with van der Waals surface area (Å²) >= 11 is 7.08. The van der Waals surface area contributed by atoms with Gasteiger partial charge in [0.15, 0.2) is 0 Å². The Hall–Kier alpha value is -1.51. The Kier molecular flexibility index (Phi) is 6.49. The standard InChI is InChI=1S/C14H17ClFN3O3S/c1-22-13(20)8-23-12-7-11(10(16)6-9(12)15)18-14(21)19-5-3-2-4-17-19/h6-7,17H,2-5,8H2,1H3,(H,18,21). The van der Waals surface area contributed by atoms with Crippen molar-refractivity contribution in [1.29, 1.82) is 0 Å². The summed E-state index contributed by atoms with van der Waals surface area (Å²) < 4.78 is 18.5. The number of hydrazine groups is 1. The van der Waals surface area contributed by atoms with Gasteiger partial charge in [-0.2, -0.15) is 0 Å². The van der Waals surface area contributed by atoms with Crippen molar-refractivity contribution < 1.29 is 18.7 Å². The van der Waals surface area contributed by atoms with Crippen LogP contribution in [0.3, 0.4) is 0 Å². The van der Waals surface area contributed by atoms with Crippen LogP contribution in [0.1, 0.15) is 12.8 Å². The summed E-state index contributed by atoms with van der Waals surface area (Å²) in [5.41, 5.74) is 2.95. The van der Waals surface area contributed by atoms with Gasteiger partial charge in [-0.1, -0.05) is 11.6 Å². The fraction of sp³-hybridized carbons (Fsp3) is 0.429. The number of rotatable bonds is 4. The molecule has 1 fully saturated rings. The quantitative estimate of drug-likeness (QED) is 0.637. The number of amides is 2. The van der Waals surface area contributed by atoms with Crippen LogP contribution in [0, 0.1) is 5.82 Å². The highest BCUT2D eigenvalue weighted by molar-refractivity contribution is 8.00. The van der Waals surface area contributed by atoms with Crippen LogP contribution in [0.2, 0.25) is 5.02 Å². The minimum Gasteiger partial charge on any atom is -0.468 e. The largest absolute Gasteiger partial charge is 0.468 e. The van der Waals surface area contributed by atoms with Crippen molar-refractivity contribution in [1.82, 2.24) is 10.4 Å². The summed E-state index contributed by atoms with van der Waals surface area (Å²) in [4.78, 5) is 23.8. The number of benzene rings is 1. The van der Waals surface area contributed by atoms with Gasteiger partial charge in [-0.05, 0) is 25.0 Å². The fourth-order valence-corrected chi connectivity index (χ4v) is 3.08. The number of methoxy groups -OCH3 is 1. The number of nitrogens with zero attached hydrogens (tertiary/aromatic N) is 1. The Morgan fingerprint density at radius 2 is 2.26 bits per heavy atom. The smallest absolute Gasteiger partial charge is 0.336 e. The summed E-state index contributed by atoms with van der Waals surface area (Å²) in [7, 11) is 1.28. The average molecular weight is 362 g/mol. The number of carbonyl (C=O) groups is 2. The zero-order valence-electron chi connectivity index (χ0n) is 12.5. The number of carbonyl (C=O) groups excluding carboxylic acids is 2. The molecule has 0 aromatic heterocycles. The highest BCUT2D eigenvalue weighted by atomic mass is 35.5. The van der Waals surface area contributed by atoms with Gasteiger partial charge in [0.1, 0.15) is 5.82 Å². The zero-order valence-corrected chi connectivity index (χ0v) is 14.1. The molecule has 1 aliphatic rings. The van der Waals surface area contributed by atoms with Crippen molar-refractivity contribution in [2.75, 3.05) is 31.3 Å². The average Bonchev–Trinajstić information content (AvgIpc) is 2.56. The van der Waals surface area contributed by atoms with E-state index in [4.69, 9.17) is 11.6 Å². The van der Waals surface area contributed by atoms with Crippen LogP contribution in [0.4, 0.5) is 14.9 Å². The van der Waals surface area contributed by atoms with Crippen molar-refractivity contribution in [3.8, 4) is 0 Å². The molecule has 2 amide bonds. The maximum atomic E-state index is 14.0. The molecule has 0 atom stereocenters. The molecule has 1 aromatic rings. The van der Waals surface area contributed by atoms with Gasteiger partial charge >= 0.3 is 12.0 Å². The Morgan fingerprint density at radius 3 is 2.91 bits per heavy atom. The van der Waals surface area contributed by atoms with Crippen LogP contribution in [-0.4, -0.2) is 43.0 Å². The molecule has 6 nitrogen and oxygen atoms in total. The van der Waals surface area contributed by atoms with Crippen molar-refractivity contribution in [2.45, 2.75) is 17.7 Å². The van der Waals surface area contributed by atoms with Gasteiger partial charge in [0.2, 0.25) is 0 Å². The summed E-state index contributed by atoms with van der Waals surface area (Å²) in [6.45, 7) is 1.27. The molecule has 2 rings (SSSR count). The van der Waals surface area contributed by atoms with Crippen LogP contribution in [0.25, 0.3) is 0 Å². The lowest BCUT2D eigenvalue weighted by molar-refractivity contribution is -0.137. The molecule has 23 heavy (non-hydrogen) atoms. The Labute approximate surface area is 142 Å². The second kappa shape index (κ2) is 8.37. The van der Waals surface area contributed by atoms with E-state index in [9.17, 15) is 14.0 Å². The van der Waals surface area contributed by atoms with Gasteiger partial charge in [0, 0.05) is 18.0 Å². The lowest BCUT2D eigenvalue weighted by atomic mass is 10.2. The molecule has 0 spiro atoms. The third-order valence-electron chi connectivity index (χ3n) is 3.19. The summed E-state index contributed by atoms with van der Waals surface area (Å²) in [6, 6.07) is 2.09. The van der Waals surface area contributed by atoms with Crippen LogP contribution in [-0.2, 0) is 9.53 Å². The predicted octanol–water partition coefficient (Wildman–Crippen LogP) is 2.88. The van der Waals surface area contributed by atoms with Crippen molar-refractivity contribution in [2.24, 2.45) is 0 Å². The van der Waals surface area contributed by atoms with E-state index in [-0.39, 0.29) is 16.5 Å². The van der Waals surface area contributed by atoms with Gasteiger partial charge in [-0.3, -0.25) is 9.80 Å². The molecule has 0 unspecified atom stereocenters. The first-order valence-corrected chi connectivity index (χ1v) is 8.38. The summed E-state index contributed by atoms with van der Waals surface area (Å²) in [5.74, 6) is -1.01. The molecule has 1 aromatic carbocycles. The number of anilines is 1. The molecule has 1 heterocycles. The minimum absolute atomic E-state index is 0.0131. The number of nitrogens with one attached hydrogen (secondary N) is 2. The topological polar surface area (TPSA) is 70.7 Å². The monoisotopic (exact) mass is 361 g/mol. The molecule has 9 heteroatoms. The molecule has 0 radical (unpaired) electrons. The zero-order chi connectivity index (χ0) is 16.8. The van der Waals surface area contributed by atoms with E-state index in [0.29, 0.717) is 18.0 Å². The molecule has 0 bridgehead atoms. The molecule has 126 valence electrons. The third kappa shape index (κ3) is 4.98. The number of halogens is 2. The SMILES string of the molecule is COC(=O)CSc1cc(NC(=O)N2CCCCN2)c(F)cc1Cl. The first kappa shape index (κ1) is 17.8. The number of esters is 1. The van der Waals surface area contributed by atoms with E-state index in [1.165, 1.54) is 18.2 Å². The van der Waals surface area contributed by atoms with E-state index in [0.717, 1.165) is 30.7 Å². The van der Waals surface area contributed by atoms with Crippen molar-refractivity contribution >= 4 is 41.1 Å². The van der Waals surface area contributed by atoms with Crippen LogP contribution < -0.4 is 10.7 Å². The van der Waals surface area contributed by atoms with Gasteiger partial charge in [-0.25, -0.2) is 14.6 Å². The van der Waals surface area contributed by atoms with Gasteiger partial charge in [0.05, 0.1) is 23.6 Å². The van der Waals surface area contributed by atoms with Gasteiger partial charge < -0.3 is 10.1 Å². The number of ether oxygens (including phenoxy) is 1. The number of urea groups is 1. The van der Waals surface area contributed by atoms with E-state index >= 15 is 0 Å². The lowest BCUT2D eigenvalue weighted by Gasteiger charge is -2.27. The molecular formula is C14H17ClFN3O3S. The van der Waals surface area contributed by atoms with E-state index in [1.54, 1.807) is 0 Å². The highest BCUT2D eigenvalue weighted by Crippen LogP contribution is 2.32. The first-order valence-electron chi connectivity index (χ1n) is 7.02. The van der Waals surface area contributed by atoms with Crippen LogP contribution in [0.5, 0.6) is 0 Å². The third-order valence-corrected chi connectivity index (χ3v) is 4.65. The maximum Gasteiger partial charge on any atom is 0.336 e. The number of hydrogen-bond donors (Lipinski definition) is 2. The summed E-state index contributed by atoms with van der Waals surface area (Å²) in [5, 5.41) is 4.10. The van der Waals surface area contributed by atoms with E-state index in [1.807, 2.05) is 0 Å². The van der Waals surface area contributed by atoms with E-state index in [2.05, 4.69) is 15.5 Å². The first-order chi connectivity index (χ1) is 11.0. The highest BCUT2D eigenvalue weighted by Gasteiger charge is 2.19. The molecule has 1 aliphatic heterocycles. The molecule has 0 aliphatic carbocycles. The lowest BCUT2D eigenvalue weighted by Crippen LogP contribution is -2.49. The predicted molar refractivity (Wildman–Crippen MR) is 87.1 cm³/mol. The Bertz CT molecular complexity index is 597. The Balaban J connectivity index is 2.08. The fourth-order valence-electron chi connectivity index (χ4n) is 1.98. The van der Waals surface area contributed by atoms with Crippen molar-refractivity contribution in [3.63, 3.8) is 0 Å². The van der Waals surface area contributed by atoms with E-state index < -0.39 is 17.8 Å². The molecule has 2 N–H and O–H groups in total. The van der Waals surface area contributed by atoms with Gasteiger partial charge in [-0.15, -0.1) is 11.8 Å². The maximum absolute atomic E-state index is 14.0. The number of thioether (sulfide) groups is 1. The van der Waals surface area contributed by atoms with Crippen LogP contribution >= 0.6 is 23.4 Å². The van der Waals surface area contributed by atoms with Crippen LogP contribution in [0.15, 0.2) is 17.0 Å². The second-order valence-corrected chi connectivity index (χ2v) is 6.25. The van der Waals surface area contributed by atoms with Crippen molar-refractivity contribution in [3.05, 3.63) is 23.0 Å².